The molecule has 1 amide bonds. The van der Waals surface area contributed by atoms with Crippen LogP contribution >= 0.6 is 0 Å². The number of aromatic nitrogens is 1. The molecule has 7 heteroatoms. The summed E-state index contributed by atoms with van der Waals surface area (Å²) >= 11 is 0. The van der Waals surface area contributed by atoms with Crippen molar-refractivity contribution in [3.63, 3.8) is 0 Å². The van der Waals surface area contributed by atoms with Gasteiger partial charge < -0.3 is 10.4 Å². The summed E-state index contributed by atoms with van der Waals surface area (Å²) in [5.41, 5.74) is 0. The van der Waals surface area contributed by atoms with Gasteiger partial charge in [0.1, 0.15) is 0 Å². The van der Waals surface area contributed by atoms with Crippen LogP contribution in [0.15, 0.2) is 18.3 Å². The van der Waals surface area contributed by atoms with E-state index in [1.54, 1.807) is 0 Å². The molecule has 5 nitrogen and oxygen atoms in total. The van der Waals surface area contributed by atoms with Gasteiger partial charge in [-0.05, 0) is 12.1 Å². The van der Waals surface area contributed by atoms with Crippen LogP contribution in [0.4, 0.5) is 14.6 Å². The zero-order valence-corrected chi connectivity index (χ0v) is 8.78. The third kappa shape index (κ3) is 2.68. The molecule has 0 saturated carbocycles. The predicted molar refractivity (Wildman–Crippen MR) is 55.9 cm³/mol. The van der Waals surface area contributed by atoms with Crippen LogP contribution in [-0.2, 0) is 4.79 Å². The monoisotopic (exact) mass is 243 g/mol. The number of rotatable bonds is 2. The van der Waals surface area contributed by atoms with Crippen LogP contribution < -0.4 is 10.6 Å². The fourth-order valence-corrected chi connectivity index (χ4v) is 1.60. The number of carbonyl (C=O) groups excluding carboxylic acids is 1. The second-order valence-electron chi connectivity index (χ2n) is 3.85. The van der Waals surface area contributed by atoms with E-state index in [0.717, 1.165) is 0 Å². The molecule has 92 valence electrons. The van der Waals surface area contributed by atoms with Gasteiger partial charge in [0.15, 0.2) is 11.6 Å². The van der Waals surface area contributed by atoms with Gasteiger partial charge in [-0.15, -0.1) is 0 Å². The molecule has 1 atom stereocenters. The van der Waals surface area contributed by atoms with Gasteiger partial charge in [-0.3, -0.25) is 10.1 Å². The largest absolute Gasteiger partial charge is 0.504 e. The van der Waals surface area contributed by atoms with Crippen molar-refractivity contribution in [2.45, 2.75) is 18.4 Å². The maximum absolute atomic E-state index is 12.9. The Kier molecular flexibility index (Phi) is 2.93. The highest BCUT2D eigenvalue weighted by atomic mass is 19.3. The molecule has 3 N–H and O–H groups in total. The number of carbonyl (C=O) groups is 1. The molecule has 17 heavy (non-hydrogen) atoms. The van der Waals surface area contributed by atoms with Crippen molar-refractivity contribution in [3.8, 4) is 5.75 Å². The van der Waals surface area contributed by atoms with Gasteiger partial charge in [0, 0.05) is 12.6 Å². The Labute approximate surface area is 95.9 Å². The van der Waals surface area contributed by atoms with Gasteiger partial charge in [-0.2, -0.15) is 0 Å². The number of alkyl halides is 2. The first-order valence-electron chi connectivity index (χ1n) is 5.04. The lowest BCUT2D eigenvalue weighted by molar-refractivity contribution is -0.118. The van der Waals surface area contributed by atoms with Crippen LogP contribution in [0.2, 0.25) is 0 Å². The molecule has 0 aromatic carbocycles. The van der Waals surface area contributed by atoms with E-state index in [4.69, 9.17) is 0 Å². The third-order valence-corrected chi connectivity index (χ3v) is 2.45. The van der Waals surface area contributed by atoms with Crippen molar-refractivity contribution in [2.75, 3.05) is 11.9 Å². The molecule has 1 fully saturated rings. The summed E-state index contributed by atoms with van der Waals surface area (Å²) < 4.78 is 25.7. The number of aromatic hydroxyl groups is 1. The van der Waals surface area contributed by atoms with E-state index in [0.29, 0.717) is 0 Å². The molecule has 1 aliphatic rings. The number of hydrogen-bond donors (Lipinski definition) is 3. The number of pyridine rings is 1. The quantitative estimate of drug-likeness (QED) is 0.715. The summed E-state index contributed by atoms with van der Waals surface area (Å²) in [6.07, 6.45) is 0.832. The van der Waals surface area contributed by atoms with Gasteiger partial charge >= 0.3 is 0 Å². The summed E-state index contributed by atoms with van der Waals surface area (Å²) in [5.74, 6) is -3.73. The zero-order valence-electron chi connectivity index (χ0n) is 8.78. The predicted octanol–water partition coefficient (Wildman–Crippen LogP) is 0.723. The minimum Gasteiger partial charge on any atom is -0.504 e. The Balaban J connectivity index is 2.01. The molecule has 2 heterocycles. The molecule has 1 aliphatic heterocycles. The first kappa shape index (κ1) is 11.7. The Morgan fingerprint density at radius 2 is 2.41 bits per heavy atom. The van der Waals surface area contributed by atoms with E-state index in [9.17, 15) is 18.7 Å². The third-order valence-electron chi connectivity index (χ3n) is 2.45. The van der Waals surface area contributed by atoms with Crippen LogP contribution in [0.5, 0.6) is 5.75 Å². The fraction of sp³-hybridized carbons (Fsp3) is 0.400. The fourth-order valence-electron chi connectivity index (χ4n) is 1.60. The minimum atomic E-state index is -2.87. The van der Waals surface area contributed by atoms with Gasteiger partial charge in [-0.25, -0.2) is 13.8 Å². The first-order valence-corrected chi connectivity index (χ1v) is 5.04. The molecule has 1 aromatic heterocycles. The molecule has 0 radical (unpaired) electrons. The molecular formula is C10H11F2N3O2. The van der Waals surface area contributed by atoms with Crippen LogP contribution in [0.25, 0.3) is 0 Å². The summed E-state index contributed by atoms with van der Waals surface area (Å²) in [6, 6.07) is 1.87. The van der Waals surface area contributed by atoms with Crippen molar-refractivity contribution in [3.05, 3.63) is 18.3 Å². The van der Waals surface area contributed by atoms with E-state index in [1.807, 2.05) is 0 Å². The normalized spacial score (nSPS) is 22.4. The van der Waals surface area contributed by atoms with Crippen molar-refractivity contribution in [2.24, 2.45) is 0 Å². The van der Waals surface area contributed by atoms with Crippen LogP contribution in [0.1, 0.15) is 6.42 Å². The maximum Gasteiger partial charge on any atom is 0.262 e. The summed E-state index contributed by atoms with van der Waals surface area (Å²) in [6.45, 7) is -0.515. The Morgan fingerprint density at radius 1 is 1.65 bits per heavy atom. The van der Waals surface area contributed by atoms with E-state index in [1.165, 1.54) is 18.3 Å². The minimum absolute atomic E-state index is 0.0329. The number of anilines is 1. The Morgan fingerprint density at radius 3 is 3.00 bits per heavy atom. The van der Waals surface area contributed by atoms with Gasteiger partial charge in [0.05, 0.1) is 12.6 Å². The summed E-state index contributed by atoms with van der Waals surface area (Å²) in [4.78, 5) is 15.3. The van der Waals surface area contributed by atoms with E-state index in [-0.39, 0.29) is 11.6 Å². The van der Waals surface area contributed by atoms with Crippen molar-refractivity contribution < 1.29 is 18.7 Å². The lowest BCUT2D eigenvalue weighted by atomic mass is 10.2. The molecular weight excluding hydrogens is 232 g/mol. The lowest BCUT2D eigenvalue weighted by Gasteiger charge is -2.11. The van der Waals surface area contributed by atoms with Crippen molar-refractivity contribution in [1.29, 1.82) is 0 Å². The number of amides is 1. The molecule has 2 rings (SSSR count). The van der Waals surface area contributed by atoms with Crippen LogP contribution in [0.3, 0.4) is 0 Å². The maximum atomic E-state index is 12.9. The molecule has 0 aliphatic carbocycles. The van der Waals surface area contributed by atoms with Gasteiger partial charge in [0.25, 0.3) is 5.92 Å². The van der Waals surface area contributed by atoms with Crippen molar-refractivity contribution >= 4 is 11.7 Å². The molecule has 0 spiro atoms. The van der Waals surface area contributed by atoms with Gasteiger partial charge in [-0.1, -0.05) is 0 Å². The average Bonchev–Trinajstić information content (AvgIpc) is 2.62. The highest BCUT2D eigenvalue weighted by molar-refractivity contribution is 5.95. The van der Waals surface area contributed by atoms with E-state index in [2.05, 4.69) is 15.6 Å². The lowest BCUT2D eigenvalue weighted by Crippen LogP contribution is -2.35. The zero-order chi connectivity index (χ0) is 12.5. The summed E-state index contributed by atoms with van der Waals surface area (Å²) in [7, 11) is 0. The molecule has 0 bridgehead atoms. The highest BCUT2D eigenvalue weighted by Crippen LogP contribution is 2.26. The van der Waals surface area contributed by atoms with Gasteiger partial charge in [0.2, 0.25) is 5.91 Å². The second-order valence-corrected chi connectivity index (χ2v) is 3.85. The Bertz CT molecular complexity index is 439. The van der Waals surface area contributed by atoms with Crippen molar-refractivity contribution in [1.82, 2.24) is 10.3 Å². The number of nitrogens with zero attached hydrogens (tertiary/aromatic N) is 1. The second kappa shape index (κ2) is 4.25. The topological polar surface area (TPSA) is 74.2 Å². The summed E-state index contributed by atoms with van der Waals surface area (Å²) in [5, 5.41) is 14.1. The number of nitrogens with one attached hydrogen (secondary N) is 2. The first-order chi connectivity index (χ1) is 7.98. The Hall–Kier alpha value is -1.76. The standard InChI is InChI=1S/C10H11F2N3O2/c11-10(12)4-6(14-5-10)9(17)15-8-7(16)2-1-3-13-8/h1-3,6,14,16H,4-5H2,(H,13,15,17). The highest BCUT2D eigenvalue weighted by Gasteiger charge is 2.42. The van der Waals surface area contributed by atoms with Crippen LogP contribution in [0, 0.1) is 0 Å². The molecule has 1 saturated heterocycles. The van der Waals surface area contributed by atoms with Crippen LogP contribution in [-0.4, -0.2) is 34.5 Å². The number of halogens is 2. The molecule has 1 aromatic rings. The van der Waals surface area contributed by atoms with E-state index >= 15 is 0 Å². The average molecular weight is 243 g/mol. The number of hydrogen-bond acceptors (Lipinski definition) is 4. The smallest absolute Gasteiger partial charge is 0.262 e. The van der Waals surface area contributed by atoms with E-state index < -0.39 is 30.8 Å². The SMILES string of the molecule is O=C(Nc1ncccc1O)C1CC(F)(F)CN1. The molecule has 1 unspecified atom stereocenters.